The number of aliphatic carboxylic acids is 1. The van der Waals surface area contributed by atoms with E-state index in [4.69, 9.17) is 21.1 Å². The van der Waals surface area contributed by atoms with E-state index in [1.807, 2.05) is 0 Å². The Kier molecular flexibility index (Phi) is 7.72. The highest BCUT2D eigenvalue weighted by atomic mass is 35.5. The summed E-state index contributed by atoms with van der Waals surface area (Å²) in [6, 6.07) is 7.40. The molecule has 1 N–H and O–H groups in total. The predicted octanol–water partition coefficient (Wildman–Crippen LogP) is 5.26. The first kappa shape index (κ1) is 26.8. The first-order valence-electron chi connectivity index (χ1n) is 11.9. The van der Waals surface area contributed by atoms with Gasteiger partial charge in [-0.15, -0.1) is 0 Å². The maximum Gasteiger partial charge on any atom is 0.431 e. The fourth-order valence-electron chi connectivity index (χ4n) is 4.82. The number of rotatable bonds is 7. The van der Waals surface area contributed by atoms with Crippen LogP contribution in [-0.2, 0) is 4.79 Å². The van der Waals surface area contributed by atoms with E-state index in [9.17, 15) is 23.1 Å². The zero-order valence-electron chi connectivity index (χ0n) is 20.6. The molecule has 1 aromatic carbocycles. The fourth-order valence-corrected chi connectivity index (χ4v) is 5.04. The smallest absolute Gasteiger partial charge is 0.431 e. The predicted molar refractivity (Wildman–Crippen MR) is 134 cm³/mol. The molecule has 0 amide bonds. The summed E-state index contributed by atoms with van der Waals surface area (Å²) in [5.74, 6) is -1.06. The van der Waals surface area contributed by atoms with E-state index < -0.39 is 36.2 Å². The third kappa shape index (κ3) is 5.87. The molecule has 2 aromatic rings. The zero-order chi connectivity index (χ0) is 26.9. The average molecular weight is 541 g/mol. The molecule has 0 saturated carbocycles. The third-order valence-corrected chi connectivity index (χ3v) is 7.08. The molecule has 12 heteroatoms. The summed E-state index contributed by atoms with van der Waals surface area (Å²) >= 11 is 6.35. The van der Waals surface area contributed by atoms with Crippen LogP contribution in [0.15, 0.2) is 41.6 Å². The fraction of sp³-hybridized carbons (Fsp3) is 0.480. The molecule has 1 saturated heterocycles. The second kappa shape index (κ2) is 10.6. The van der Waals surface area contributed by atoms with Crippen molar-refractivity contribution in [3.05, 3.63) is 41.6 Å². The number of carboxylic acid groups (broad SMARTS) is 1. The number of piperidine rings is 1. The van der Waals surface area contributed by atoms with E-state index in [1.165, 1.54) is 6.92 Å². The van der Waals surface area contributed by atoms with Gasteiger partial charge in [-0.2, -0.15) is 18.3 Å². The number of aromatic nitrogens is 1. The average Bonchev–Trinajstić information content (AvgIpc) is 3.17. The molecule has 1 fully saturated rings. The molecule has 1 aromatic heterocycles. The van der Waals surface area contributed by atoms with Crippen molar-refractivity contribution in [3.63, 3.8) is 0 Å². The Hall–Kier alpha value is -3.21. The number of anilines is 2. The summed E-state index contributed by atoms with van der Waals surface area (Å²) in [6.45, 7) is 4.83. The van der Waals surface area contributed by atoms with Gasteiger partial charge in [0.2, 0.25) is 5.88 Å². The van der Waals surface area contributed by atoms with Gasteiger partial charge in [0.1, 0.15) is 17.6 Å². The Labute approximate surface area is 217 Å². The highest BCUT2D eigenvalue weighted by Crippen LogP contribution is 2.37. The van der Waals surface area contributed by atoms with Crippen LogP contribution in [0.2, 0.25) is 5.02 Å². The second-order valence-corrected chi connectivity index (χ2v) is 9.73. The SMILES string of the molecule is COc1cc(N2CC[C@@H](Oc3ccc(N4N=C(C(F)(F)F)[C@@H](C)[C@@H]4CC(=O)O)cc3)[C@@H](C)C2)c(Cl)cn1. The van der Waals surface area contributed by atoms with Gasteiger partial charge in [0, 0.05) is 37.4 Å². The lowest BCUT2D eigenvalue weighted by Crippen LogP contribution is -2.44. The van der Waals surface area contributed by atoms with E-state index in [2.05, 4.69) is 21.9 Å². The third-order valence-electron chi connectivity index (χ3n) is 6.79. The largest absolute Gasteiger partial charge is 0.490 e. The molecule has 200 valence electrons. The number of benzene rings is 1. The number of hydrogen-bond donors (Lipinski definition) is 1. The van der Waals surface area contributed by atoms with Crippen LogP contribution in [0.4, 0.5) is 24.5 Å². The number of pyridine rings is 1. The highest BCUT2D eigenvalue weighted by molar-refractivity contribution is 6.33. The first-order chi connectivity index (χ1) is 17.5. The number of halogens is 4. The van der Waals surface area contributed by atoms with Gasteiger partial charge in [-0.1, -0.05) is 25.4 Å². The van der Waals surface area contributed by atoms with Gasteiger partial charge in [-0.25, -0.2) is 4.98 Å². The number of methoxy groups -OCH3 is 1. The van der Waals surface area contributed by atoms with E-state index in [1.54, 1.807) is 43.6 Å². The standard InChI is InChI=1S/C25H28ClF3N4O4/c1-14-13-32(20-10-22(36-3)30-12-18(20)26)9-8-21(14)37-17-6-4-16(5-7-17)33-19(11-23(34)35)15(2)24(31-33)25(27,28)29/h4-7,10,12,14-15,19,21H,8-9,11,13H2,1-3H3,(H,34,35)/t14-,15-,19-,21+/m0/s1. The number of ether oxygens (including phenoxy) is 2. The molecule has 0 unspecified atom stereocenters. The monoisotopic (exact) mass is 540 g/mol. The van der Waals surface area contributed by atoms with Crippen molar-refractivity contribution in [2.45, 2.75) is 45.0 Å². The van der Waals surface area contributed by atoms with E-state index in [0.29, 0.717) is 35.4 Å². The van der Waals surface area contributed by atoms with E-state index in [-0.39, 0.29) is 12.0 Å². The molecule has 0 bridgehead atoms. The Morgan fingerprint density at radius 3 is 2.54 bits per heavy atom. The molecule has 2 aliphatic heterocycles. The minimum absolute atomic E-state index is 0.0778. The van der Waals surface area contributed by atoms with Crippen molar-refractivity contribution in [2.75, 3.05) is 30.1 Å². The summed E-state index contributed by atoms with van der Waals surface area (Å²) < 4.78 is 51.7. The molecule has 37 heavy (non-hydrogen) atoms. The molecule has 2 aliphatic rings. The van der Waals surface area contributed by atoms with Crippen LogP contribution in [0.25, 0.3) is 0 Å². The van der Waals surface area contributed by atoms with Crippen molar-refractivity contribution < 1.29 is 32.5 Å². The lowest BCUT2D eigenvalue weighted by molar-refractivity contribution is -0.137. The number of carbonyl (C=O) groups is 1. The summed E-state index contributed by atoms with van der Waals surface area (Å²) in [5.41, 5.74) is 0.234. The first-order valence-corrected chi connectivity index (χ1v) is 12.2. The number of nitrogens with zero attached hydrogens (tertiary/aromatic N) is 4. The summed E-state index contributed by atoms with van der Waals surface area (Å²) in [6.07, 6.45) is -2.88. The molecule has 0 aliphatic carbocycles. The molecule has 3 heterocycles. The summed E-state index contributed by atoms with van der Waals surface area (Å²) in [7, 11) is 1.55. The number of hydrazone groups is 1. The van der Waals surface area contributed by atoms with Crippen LogP contribution in [0.5, 0.6) is 11.6 Å². The Morgan fingerprint density at radius 1 is 1.24 bits per heavy atom. The Balaban J connectivity index is 1.44. The van der Waals surface area contributed by atoms with Crippen LogP contribution in [0, 0.1) is 11.8 Å². The number of hydrogen-bond acceptors (Lipinski definition) is 7. The zero-order valence-corrected chi connectivity index (χ0v) is 21.3. The van der Waals surface area contributed by atoms with Crippen LogP contribution >= 0.6 is 11.6 Å². The van der Waals surface area contributed by atoms with Crippen molar-refractivity contribution in [3.8, 4) is 11.6 Å². The number of carboxylic acids is 1. The molecule has 0 radical (unpaired) electrons. The van der Waals surface area contributed by atoms with Crippen LogP contribution < -0.4 is 19.4 Å². The van der Waals surface area contributed by atoms with E-state index >= 15 is 0 Å². The van der Waals surface area contributed by atoms with Crippen LogP contribution in [-0.4, -0.2) is 60.3 Å². The van der Waals surface area contributed by atoms with Gasteiger partial charge in [-0.05, 0) is 24.3 Å². The Morgan fingerprint density at radius 2 is 1.95 bits per heavy atom. The van der Waals surface area contributed by atoms with E-state index in [0.717, 1.165) is 17.1 Å². The van der Waals surface area contributed by atoms with Gasteiger partial charge < -0.3 is 19.5 Å². The Bertz CT molecular complexity index is 1160. The van der Waals surface area contributed by atoms with Crippen molar-refractivity contribution in [2.24, 2.45) is 16.9 Å². The summed E-state index contributed by atoms with van der Waals surface area (Å²) in [5, 5.41) is 14.7. The summed E-state index contributed by atoms with van der Waals surface area (Å²) in [4.78, 5) is 17.6. The normalized spacial score (nSPS) is 24.1. The lowest BCUT2D eigenvalue weighted by Gasteiger charge is -2.38. The molecular formula is C25H28ClF3N4O4. The van der Waals surface area contributed by atoms with Gasteiger partial charge in [-0.3, -0.25) is 9.80 Å². The van der Waals surface area contributed by atoms with Crippen molar-refractivity contribution in [1.29, 1.82) is 0 Å². The molecule has 0 spiro atoms. The minimum Gasteiger partial charge on any atom is -0.490 e. The minimum atomic E-state index is -4.63. The highest BCUT2D eigenvalue weighted by Gasteiger charge is 2.48. The maximum absolute atomic E-state index is 13.4. The molecule has 4 rings (SSSR count). The topological polar surface area (TPSA) is 87.5 Å². The van der Waals surface area contributed by atoms with Gasteiger partial charge in [0.05, 0.1) is 42.2 Å². The van der Waals surface area contributed by atoms with Gasteiger partial charge in [0.25, 0.3) is 0 Å². The quantitative estimate of drug-likeness (QED) is 0.513. The molecule has 8 nitrogen and oxygen atoms in total. The van der Waals surface area contributed by atoms with Gasteiger partial charge in [0.15, 0.2) is 0 Å². The van der Waals surface area contributed by atoms with Gasteiger partial charge >= 0.3 is 12.1 Å². The molecular weight excluding hydrogens is 513 g/mol. The van der Waals surface area contributed by atoms with Crippen LogP contribution in [0.3, 0.4) is 0 Å². The van der Waals surface area contributed by atoms with Crippen molar-refractivity contribution >= 4 is 34.7 Å². The molecule has 4 atom stereocenters. The van der Waals surface area contributed by atoms with Crippen molar-refractivity contribution in [1.82, 2.24) is 4.98 Å². The maximum atomic E-state index is 13.4. The van der Waals surface area contributed by atoms with Crippen LogP contribution in [0.1, 0.15) is 26.7 Å². The number of alkyl halides is 3. The lowest BCUT2D eigenvalue weighted by atomic mass is 9.94. The second-order valence-electron chi connectivity index (χ2n) is 9.32.